The molecule has 1 aliphatic rings. The predicted octanol–water partition coefficient (Wildman–Crippen LogP) is 3.11. The summed E-state index contributed by atoms with van der Waals surface area (Å²) in [5.74, 6) is 0. The summed E-state index contributed by atoms with van der Waals surface area (Å²) in [6.45, 7) is 11.2. The Labute approximate surface area is 121 Å². The molecule has 2 rings (SSSR count). The first-order valence-electron chi connectivity index (χ1n) is 7.54. The van der Waals surface area contributed by atoms with E-state index in [1.807, 2.05) is 11.3 Å². The van der Waals surface area contributed by atoms with Gasteiger partial charge in [0.25, 0.3) is 0 Å². The Morgan fingerprint density at radius 1 is 1.37 bits per heavy atom. The average Bonchev–Trinajstić information content (AvgIpc) is 2.70. The second-order valence-electron chi connectivity index (χ2n) is 5.65. The van der Waals surface area contributed by atoms with Crippen LogP contribution in [-0.2, 0) is 6.54 Å². The van der Waals surface area contributed by atoms with Crippen molar-refractivity contribution < 1.29 is 0 Å². The molecule has 1 saturated heterocycles. The molecule has 1 aromatic heterocycles. The summed E-state index contributed by atoms with van der Waals surface area (Å²) in [7, 11) is 0. The van der Waals surface area contributed by atoms with Gasteiger partial charge >= 0.3 is 0 Å². The van der Waals surface area contributed by atoms with Gasteiger partial charge in [0.2, 0.25) is 0 Å². The smallest absolute Gasteiger partial charge is 0.0900 e. The maximum atomic E-state index is 4.46. The van der Waals surface area contributed by atoms with Gasteiger partial charge in [0, 0.05) is 17.5 Å². The standard InChI is InChI=1S/C15H27N3S/c1-12-7-4-5-9-18(12)10-6-8-16-11-15-13(2)17-14(3)19-15/h12,16H,4-11H2,1-3H3. The van der Waals surface area contributed by atoms with Crippen LogP contribution in [0, 0.1) is 13.8 Å². The number of thiazole rings is 1. The zero-order chi connectivity index (χ0) is 13.7. The molecule has 108 valence electrons. The molecule has 1 aromatic rings. The lowest BCUT2D eigenvalue weighted by Gasteiger charge is -2.33. The van der Waals surface area contributed by atoms with Crippen molar-refractivity contribution in [3.8, 4) is 0 Å². The third kappa shape index (κ3) is 4.55. The fourth-order valence-electron chi connectivity index (χ4n) is 2.84. The average molecular weight is 281 g/mol. The Bertz CT molecular complexity index is 389. The lowest BCUT2D eigenvalue weighted by atomic mass is 10.0. The summed E-state index contributed by atoms with van der Waals surface area (Å²) in [6.07, 6.45) is 5.44. The molecule has 0 saturated carbocycles. The van der Waals surface area contributed by atoms with E-state index < -0.39 is 0 Å². The lowest BCUT2D eigenvalue weighted by molar-refractivity contribution is 0.159. The first-order chi connectivity index (χ1) is 9.16. The summed E-state index contributed by atoms with van der Waals surface area (Å²) >= 11 is 1.82. The van der Waals surface area contributed by atoms with E-state index >= 15 is 0 Å². The number of aryl methyl sites for hydroxylation is 2. The van der Waals surface area contributed by atoms with Gasteiger partial charge in [0.15, 0.2) is 0 Å². The second kappa shape index (κ2) is 7.36. The topological polar surface area (TPSA) is 28.2 Å². The van der Waals surface area contributed by atoms with Gasteiger partial charge in [0.1, 0.15) is 0 Å². The Kier molecular flexibility index (Phi) is 5.79. The van der Waals surface area contributed by atoms with Crippen molar-refractivity contribution in [1.82, 2.24) is 15.2 Å². The molecule has 1 aliphatic heterocycles. The summed E-state index contributed by atoms with van der Waals surface area (Å²) in [6, 6.07) is 0.792. The highest BCUT2D eigenvalue weighted by molar-refractivity contribution is 7.11. The molecule has 1 N–H and O–H groups in total. The summed E-state index contributed by atoms with van der Waals surface area (Å²) in [5, 5.41) is 4.73. The molecule has 0 radical (unpaired) electrons. The van der Waals surface area contributed by atoms with Gasteiger partial charge in [-0.2, -0.15) is 0 Å². The van der Waals surface area contributed by atoms with E-state index in [0.717, 1.165) is 19.1 Å². The van der Waals surface area contributed by atoms with E-state index in [2.05, 4.69) is 36.0 Å². The summed E-state index contributed by atoms with van der Waals surface area (Å²) in [5.41, 5.74) is 1.19. The summed E-state index contributed by atoms with van der Waals surface area (Å²) in [4.78, 5) is 8.50. The number of hydrogen-bond donors (Lipinski definition) is 1. The maximum absolute atomic E-state index is 4.46. The van der Waals surface area contributed by atoms with Crippen LogP contribution < -0.4 is 5.32 Å². The molecule has 3 nitrogen and oxygen atoms in total. The van der Waals surface area contributed by atoms with E-state index in [1.54, 1.807) is 0 Å². The van der Waals surface area contributed by atoms with E-state index in [1.165, 1.54) is 54.4 Å². The summed E-state index contributed by atoms with van der Waals surface area (Å²) < 4.78 is 0. The van der Waals surface area contributed by atoms with Crippen molar-refractivity contribution in [2.24, 2.45) is 0 Å². The van der Waals surface area contributed by atoms with E-state index in [-0.39, 0.29) is 0 Å². The normalized spacial score (nSPS) is 20.9. The minimum Gasteiger partial charge on any atom is -0.312 e. The van der Waals surface area contributed by atoms with Crippen molar-refractivity contribution in [2.75, 3.05) is 19.6 Å². The molecule has 1 unspecified atom stereocenters. The fraction of sp³-hybridized carbons (Fsp3) is 0.800. The minimum absolute atomic E-state index is 0.792. The van der Waals surface area contributed by atoms with Crippen LogP contribution in [-0.4, -0.2) is 35.6 Å². The largest absolute Gasteiger partial charge is 0.312 e. The fourth-order valence-corrected chi connectivity index (χ4v) is 3.74. The molecule has 0 bridgehead atoms. The molecule has 2 heterocycles. The molecule has 0 spiro atoms. The second-order valence-corrected chi connectivity index (χ2v) is 6.94. The number of nitrogens with zero attached hydrogens (tertiary/aromatic N) is 2. The first-order valence-corrected chi connectivity index (χ1v) is 8.36. The van der Waals surface area contributed by atoms with Crippen molar-refractivity contribution in [1.29, 1.82) is 0 Å². The third-order valence-corrected chi connectivity index (χ3v) is 5.10. The molecule has 0 amide bonds. The zero-order valence-electron chi connectivity index (χ0n) is 12.5. The maximum Gasteiger partial charge on any atom is 0.0900 e. The van der Waals surface area contributed by atoms with Crippen LogP contribution in [0.1, 0.15) is 48.2 Å². The van der Waals surface area contributed by atoms with Crippen LogP contribution >= 0.6 is 11.3 Å². The molecule has 4 heteroatoms. The molecule has 1 atom stereocenters. The van der Waals surface area contributed by atoms with Crippen LogP contribution in [0.5, 0.6) is 0 Å². The minimum atomic E-state index is 0.792. The van der Waals surface area contributed by atoms with Crippen LogP contribution in [0.3, 0.4) is 0 Å². The number of nitrogens with one attached hydrogen (secondary N) is 1. The van der Waals surface area contributed by atoms with E-state index in [9.17, 15) is 0 Å². The molecule has 19 heavy (non-hydrogen) atoms. The first kappa shape index (κ1) is 14.9. The highest BCUT2D eigenvalue weighted by atomic mass is 32.1. The molecule has 0 aliphatic carbocycles. The van der Waals surface area contributed by atoms with Gasteiger partial charge in [0.05, 0.1) is 10.7 Å². The monoisotopic (exact) mass is 281 g/mol. The van der Waals surface area contributed by atoms with Gasteiger partial charge in [-0.25, -0.2) is 4.98 Å². The molecule has 1 fully saturated rings. The van der Waals surface area contributed by atoms with Gasteiger partial charge in [-0.3, -0.25) is 0 Å². The Morgan fingerprint density at radius 3 is 2.89 bits per heavy atom. The predicted molar refractivity (Wildman–Crippen MR) is 82.8 cm³/mol. The van der Waals surface area contributed by atoms with Crippen molar-refractivity contribution >= 4 is 11.3 Å². The van der Waals surface area contributed by atoms with Gasteiger partial charge in [-0.15, -0.1) is 11.3 Å². The number of rotatable bonds is 6. The van der Waals surface area contributed by atoms with Gasteiger partial charge in [-0.1, -0.05) is 6.42 Å². The highest BCUT2D eigenvalue weighted by Gasteiger charge is 2.16. The zero-order valence-corrected chi connectivity index (χ0v) is 13.4. The van der Waals surface area contributed by atoms with Gasteiger partial charge < -0.3 is 10.2 Å². The Hall–Kier alpha value is -0.450. The quantitative estimate of drug-likeness (QED) is 0.812. The van der Waals surface area contributed by atoms with Crippen LogP contribution in [0.15, 0.2) is 0 Å². The molecular weight excluding hydrogens is 254 g/mol. The van der Waals surface area contributed by atoms with Crippen LogP contribution in [0.25, 0.3) is 0 Å². The van der Waals surface area contributed by atoms with E-state index in [4.69, 9.17) is 0 Å². The van der Waals surface area contributed by atoms with Gasteiger partial charge in [-0.05, 0) is 59.7 Å². The SMILES string of the molecule is Cc1nc(C)c(CNCCCN2CCCCC2C)s1. The van der Waals surface area contributed by atoms with E-state index in [0.29, 0.717) is 0 Å². The van der Waals surface area contributed by atoms with Crippen molar-refractivity contribution in [2.45, 2.75) is 59.0 Å². The Morgan fingerprint density at radius 2 is 2.21 bits per heavy atom. The molecule has 0 aromatic carbocycles. The Balaban J connectivity index is 1.60. The third-order valence-electron chi connectivity index (χ3n) is 4.02. The van der Waals surface area contributed by atoms with Crippen molar-refractivity contribution in [3.63, 3.8) is 0 Å². The number of hydrogen-bond acceptors (Lipinski definition) is 4. The molecular formula is C15H27N3S. The number of piperidine rings is 1. The van der Waals surface area contributed by atoms with Crippen LogP contribution in [0.4, 0.5) is 0 Å². The van der Waals surface area contributed by atoms with Crippen molar-refractivity contribution in [3.05, 3.63) is 15.6 Å². The van der Waals surface area contributed by atoms with Crippen LogP contribution in [0.2, 0.25) is 0 Å². The number of likely N-dealkylation sites (tertiary alicyclic amines) is 1. The highest BCUT2D eigenvalue weighted by Crippen LogP contribution is 2.17. The number of aromatic nitrogens is 1. The lowest BCUT2D eigenvalue weighted by Crippen LogP contribution is -2.38.